The fourth-order valence-corrected chi connectivity index (χ4v) is 3.28. The molecule has 3 aromatic rings. The van der Waals surface area contributed by atoms with Crippen molar-refractivity contribution in [2.45, 2.75) is 23.6 Å². The quantitative estimate of drug-likeness (QED) is 0.379. The maximum atomic E-state index is 12.6. The van der Waals surface area contributed by atoms with Crippen molar-refractivity contribution < 1.29 is 4.79 Å². The molecule has 10 nitrogen and oxygen atoms in total. The number of thioether (sulfide) groups is 1. The Kier molecular flexibility index (Phi) is 4.86. The third-order valence-corrected chi connectivity index (χ3v) is 4.69. The summed E-state index contributed by atoms with van der Waals surface area (Å²) < 4.78 is 0. The lowest BCUT2D eigenvalue weighted by atomic mass is 10.3. The fraction of sp³-hybridized carbons (Fsp3) is 0.231. The molecule has 130 valence electrons. The number of aromatic amines is 1. The summed E-state index contributed by atoms with van der Waals surface area (Å²) in [6, 6.07) is 1.42. The van der Waals surface area contributed by atoms with Gasteiger partial charge < -0.3 is 21.8 Å². The Morgan fingerprint density at radius 2 is 2.08 bits per heavy atom. The molecule has 0 spiro atoms. The molecule has 1 atom stereocenters. The van der Waals surface area contributed by atoms with Gasteiger partial charge >= 0.3 is 0 Å². The van der Waals surface area contributed by atoms with E-state index in [2.05, 4.69) is 35.2 Å². The largest absolute Gasteiger partial charge is 0.368 e. The number of anilines is 3. The van der Waals surface area contributed by atoms with E-state index in [0.29, 0.717) is 22.6 Å². The van der Waals surface area contributed by atoms with Crippen LogP contribution < -0.4 is 16.8 Å². The second-order valence-electron chi connectivity index (χ2n) is 4.93. The summed E-state index contributed by atoms with van der Waals surface area (Å²) in [6.07, 6.45) is 2.04. The van der Waals surface area contributed by atoms with Crippen LogP contribution in [-0.4, -0.2) is 41.1 Å². The van der Waals surface area contributed by atoms with Crippen molar-refractivity contribution in [1.29, 1.82) is 0 Å². The predicted octanol–water partition coefficient (Wildman–Crippen LogP) is 1.47. The minimum Gasteiger partial charge on any atom is -0.368 e. The lowest BCUT2D eigenvalue weighted by molar-refractivity contribution is -0.115. The third-order valence-electron chi connectivity index (χ3n) is 3.15. The maximum absolute atomic E-state index is 12.6. The number of nitrogen functional groups attached to an aromatic ring is 2. The summed E-state index contributed by atoms with van der Waals surface area (Å²) in [4.78, 5) is 35.5. The van der Waals surface area contributed by atoms with E-state index in [1.54, 1.807) is 0 Å². The number of H-pyrrole nitrogens is 1. The number of nitrogens with one attached hydrogen (secondary N) is 2. The highest BCUT2D eigenvalue weighted by Crippen LogP contribution is 2.29. The summed E-state index contributed by atoms with van der Waals surface area (Å²) in [5.41, 5.74) is 12.3. The summed E-state index contributed by atoms with van der Waals surface area (Å²) in [6.45, 7) is 1.88. The Hall–Kier alpha value is -2.66. The topological polar surface area (TPSA) is 161 Å². The SMILES string of the molecule is CC[C@H](Sc1nc(N)nc2nc[nH]c12)C(=O)Nc1cc(Cl)nc(N)n1. The van der Waals surface area contributed by atoms with Crippen LogP contribution in [0.4, 0.5) is 17.7 Å². The van der Waals surface area contributed by atoms with Crippen molar-refractivity contribution in [3.63, 3.8) is 0 Å². The molecule has 0 aliphatic rings. The number of nitrogens with zero attached hydrogens (tertiary/aromatic N) is 5. The smallest absolute Gasteiger partial charge is 0.239 e. The van der Waals surface area contributed by atoms with Gasteiger partial charge in [0.05, 0.1) is 11.6 Å². The lowest BCUT2D eigenvalue weighted by Gasteiger charge is -2.14. The zero-order valence-corrected chi connectivity index (χ0v) is 14.6. The number of carbonyl (C=O) groups excluding carboxylic acids is 1. The van der Waals surface area contributed by atoms with Gasteiger partial charge in [-0.1, -0.05) is 30.3 Å². The van der Waals surface area contributed by atoms with Gasteiger partial charge in [-0.05, 0) is 6.42 Å². The second kappa shape index (κ2) is 7.07. The maximum Gasteiger partial charge on any atom is 0.239 e. The van der Waals surface area contributed by atoms with Gasteiger partial charge in [0, 0.05) is 6.07 Å². The summed E-state index contributed by atoms with van der Waals surface area (Å²) in [5.74, 6) is 0.0286. The first-order valence-electron chi connectivity index (χ1n) is 7.20. The highest BCUT2D eigenvalue weighted by Gasteiger charge is 2.22. The molecule has 3 heterocycles. The number of imidazole rings is 1. The highest BCUT2D eigenvalue weighted by molar-refractivity contribution is 8.00. The molecule has 3 rings (SSSR count). The van der Waals surface area contributed by atoms with Gasteiger partial charge in [-0.25, -0.2) is 15.0 Å². The average molecular weight is 380 g/mol. The number of nitrogens with two attached hydrogens (primary N) is 2. The van der Waals surface area contributed by atoms with E-state index in [1.165, 1.54) is 24.2 Å². The van der Waals surface area contributed by atoms with Crippen LogP contribution in [0.3, 0.4) is 0 Å². The highest BCUT2D eigenvalue weighted by atomic mass is 35.5. The van der Waals surface area contributed by atoms with Crippen LogP contribution in [-0.2, 0) is 4.79 Å². The van der Waals surface area contributed by atoms with E-state index in [-0.39, 0.29) is 28.8 Å². The first-order chi connectivity index (χ1) is 12.0. The van der Waals surface area contributed by atoms with Gasteiger partial charge in [0.1, 0.15) is 21.5 Å². The molecule has 0 bridgehead atoms. The third kappa shape index (κ3) is 3.88. The number of fused-ring (bicyclic) bond motifs is 1. The number of amides is 1. The van der Waals surface area contributed by atoms with E-state index in [1.807, 2.05) is 6.92 Å². The van der Waals surface area contributed by atoms with Crippen LogP contribution in [0, 0.1) is 0 Å². The molecular weight excluding hydrogens is 366 g/mol. The molecule has 0 aliphatic heterocycles. The number of hydrogen-bond donors (Lipinski definition) is 4. The molecule has 0 saturated heterocycles. The molecule has 3 aromatic heterocycles. The van der Waals surface area contributed by atoms with E-state index in [9.17, 15) is 4.79 Å². The van der Waals surface area contributed by atoms with Crippen molar-refractivity contribution in [2.24, 2.45) is 0 Å². The summed E-state index contributed by atoms with van der Waals surface area (Å²) >= 11 is 7.07. The molecule has 6 N–H and O–H groups in total. The van der Waals surface area contributed by atoms with E-state index in [0.717, 1.165) is 0 Å². The molecule has 0 fully saturated rings. The zero-order valence-electron chi connectivity index (χ0n) is 13.0. The number of rotatable bonds is 5. The number of halogens is 1. The normalized spacial score (nSPS) is 12.2. The van der Waals surface area contributed by atoms with Gasteiger partial charge in [0.2, 0.25) is 17.8 Å². The molecular formula is C13H14ClN9OS. The Balaban J connectivity index is 1.81. The van der Waals surface area contributed by atoms with Crippen LogP contribution in [0.15, 0.2) is 17.4 Å². The van der Waals surface area contributed by atoms with Crippen molar-refractivity contribution in [1.82, 2.24) is 29.9 Å². The Labute approximate surface area is 151 Å². The van der Waals surface area contributed by atoms with Crippen molar-refractivity contribution in [2.75, 3.05) is 16.8 Å². The Morgan fingerprint density at radius 1 is 1.32 bits per heavy atom. The molecule has 0 saturated carbocycles. The van der Waals surface area contributed by atoms with Crippen LogP contribution in [0.5, 0.6) is 0 Å². The summed E-state index contributed by atoms with van der Waals surface area (Å²) in [7, 11) is 0. The number of aromatic nitrogens is 6. The van der Waals surface area contributed by atoms with Crippen molar-refractivity contribution in [3.05, 3.63) is 17.5 Å². The van der Waals surface area contributed by atoms with Crippen LogP contribution in [0.25, 0.3) is 11.2 Å². The van der Waals surface area contributed by atoms with Crippen molar-refractivity contribution >= 4 is 58.1 Å². The minimum absolute atomic E-state index is 0.0220. The fourth-order valence-electron chi connectivity index (χ4n) is 2.07. The van der Waals surface area contributed by atoms with Gasteiger partial charge in [0.25, 0.3) is 0 Å². The molecule has 0 aromatic carbocycles. The standard InChI is InChI=1S/C13H14ClN9OS/c1-2-5(10(24)20-7-3-6(14)19-12(15)21-7)25-11-8-9(18-4-17-8)22-13(16)23-11/h3-5H,2H2,1H3,(H3,15,19,20,21,24)(H3,16,17,18,22,23)/t5-/m0/s1. The minimum atomic E-state index is -0.448. The predicted molar refractivity (Wildman–Crippen MR) is 96.1 cm³/mol. The molecule has 25 heavy (non-hydrogen) atoms. The Bertz CT molecular complexity index is 911. The Morgan fingerprint density at radius 3 is 2.80 bits per heavy atom. The second-order valence-corrected chi connectivity index (χ2v) is 6.50. The zero-order chi connectivity index (χ0) is 18.0. The van der Waals surface area contributed by atoms with Crippen LogP contribution >= 0.6 is 23.4 Å². The molecule has 12 heteroatoms. The van der Waals surface area contributed by atoms with Crippen LogP contribution in [0.2, 0.25) is 5.15 Å². The lowest BCUT2D eigenvalue weighted by Crippen LogP contribution is -2.25. The first-order valence-corrected chi connectivity index (χ1v) is 8.46. The number of hydrogen-bond acceptors (Lipinski definition) is 9. The molecule has 0 radical (unpaired) electrons. The van der Waals surface area contributed by atoms with Gasteiger partial charge in [-0.3, -0.25) is 4.79 Å². The molecule has 1 amide bonds. The number of carbonyl (C=O) groups is 1. The summed E-state index contributed by atoms with van der Waals surface area (Å²) in [5, 5.41) is 2.92. The van der Waals surface area contributed by atoms with E-state index in [4.69, 9.17) is 23.1 Å². The molecule has 0 aliphatic carbocycles. The van der Waals surface area contributed by atoms with E-state index >= 15 is 0 Å². The van der Waals surface area contributed by atoms with Gasteiger partial charge in [0.15, 0.2) is 5.65 Å². The van der Waals surface area contributed by atoms with Gasteiger partial charge in [-0.2, -0.15) is 9.97 Å². The van der Waals surface area contributed by atoms with Crippen LogP contribution in [0.1, 0.15) is 13.3 Å². The van der Waals surface area contributed by atoms with Gasteiger partial charge in [-0.15, -0.1) is 0 Å². The average Bonchev–Trinajstić information content (AvgIpc) is 2.99. The molecule has 0 unspecified atom stereocenters. The van der Waals surface area contributed by atoms with E-state index < -0.39 is 5.25 Å². The van der Waals surface area contributed by atoms with Crippen molar-refractivity contribution in [3.8, 4) is 0 Å². The first kappa shape index (κ1) is 17.2. The monoisotopic (exact) mass is 379 g/mol.